The number of ether oxygens (including phenoxy) is 2. The van der Waals surface area contributed by atoms with Gasteiger partial charge < -0.3 is 19.7 Å². The van der Waals surface area contributed by atoms with Gasteiger partial charge >= 0.3 is 0 Å². The van der Waals surface area contributed by atoms with E-state index < -0.39 is 5.91 Å². The predicted molar refractivity (Wildman–Crippen MR) is 132 cm³/mol. The molecule has 1 N–H and O–H groups in total. The van der Waals surface area contributed by atoms with Gasteiger partial charge in [-0.15, -0.1) is 0 Å². The van der Waals surface area contributed by atoms with Crippen LogP contribution in [0.1, 0.15) is 42.6 Å². The van der Waals surface area contributed by atoms with Crippen LogP contribution >= 0.6 is 0 Å². The topological polar surface area (TPSA) is 103 Å². The van der Waals surface area contributed by atoms with Gasteiger partial charge in [0.1, 0.15) is 0 Å². The third kappa shape index (κ3) is 4.99. The molecule has 4 rings (SSSR count). The van der Waals surface area contributed by atoms with Crippen molar-refractivity contribution in [3.8, 4) is 17.2 Å². The summed E-state index contributed by atoms with van der Waals surface area (Å²) in [6, 6.07) is 11.9. The summed E-state index contributed by atoms with van der Waals surface area (Å²) in [7, 11) is 4.81. The normalized spacial score (nSPS) is 13.9. The molecule has 1 aliphatic rings. The minimum Gasteiger partial charge on any atom is -0.493 e. The summed E-state index contributed by atoms with van der Waals surface area (Å²) < 4.78 is 11.8. The Morgan fingerprint density at radius 1 is 1.03 bits per heavy atom. The van der Waals surface area contributed by atoms with Crippen LogP contribution in [0.4, 0.5) is 0 Å². The monoisotopic (exact) mass is 478 g/mol. The third-order valence-corrected chi connectivity index (χ3v) is 6.55. The van der Waals surface area contributed by atoms with Crippen molar-refractivity contribution in [3.63, 3.8) is 0 Å². The van der Waals surface area contributed by atoms with E-state index in [1.54, 1.807) is 54.4 Å². The lowest BCUT2D eigenvalue weighted by atomic mass is 9.94. The summed E-state index contributed by atoms with van der Waals surface area (Å²) in [6.45, 7) is -0.142. The molecule has 0 aliphatic heterocycles. The predicted octanol–water partition coefficient (Wildman–Crippen LogP) is 2.92. The molecule has 0 radical (unpaired) electrons. The lowest BCUT2D eigenvalue weighted by molar-refractivity contribution is -0.131. The highest BCUT2D eigenvalue weighted by atomic mass is 16.5. The van der Waals surface area contributed by atoms with Gasteiger partial charge in [-0.25, -0.2) is 0 Å². The van der Waals surface area contributed by atoms with E-state index in [4.69, 9.17) is 9.47 Å². The number of carbonyl (C=O) groups is 2. The highest BCUT2D eigenvalue weighted by molar-refractivity contribution is 6.05. The first kappa shape index (κ1) is 24.3. The molecule has 0 atom stereocenters. The highest BCUT2D eigenvalue weighted by Gasteiger charge is 2.23. The van der Waals surface area contributed by atoms with E-state index >= 15 is 0 Å². The number of hydrogen-bond acceptors (Lipinski definition) is 6. The van der Waals surface area contributed by atoms with Gasteiger partial charge in [-0.3, -0.25) is 14.4 Å². The lowest BCUT2D eigenvalue weighted by Gasteiger charge is -2.31. The van der Waals surface area contributed by atoms with Gasteiger partial charge in [0.2, 0.25) is 5.91 Å². The molecule has 9 nitrogen and oxygen atoms in total. The van der Waals surface area contributed by atoms with Crippen LogP contribution in [-0.2, 0) is 4.79 Å². The fraction of sp³-hybridized carbons (Fsp3) is 0.385. The van der Waals surface area contributed by atoms with Crippen LogP contribution in [0, 0.1) is 0 Å². The van der Waals surface area contributed by atoms with Crippen LogP contribution in [0.25, 0.3) is 16.5 Å². The van der Waals surface area contributed by atoms with Crippen LogP contribution in [0.15, 0.2) is 47.3 Å². The molecule has 1 fully saturated rings. The number of aromatic nitrogens is 2. The first-order chi connectivity index (χ1) is 16.9. The highest BCUT2D eigenvalue weighted by Crippen LogP contribution is 2.29. The number of rotatable bonds is 7. The quantitative estimate of drug-likeness (QED) is 0.560. The molecule has 184 valence electrons. The number of benzene rings is 2. The Hall–Kier alpha value is -3.88. The lowest BCUT2D eigenvalue weighted by Crippen LogP contribution is -2.44. The van der Waals surface area contributed by atoms with Gasteiger partial charge in [0.15, 0.2) is 17.2 Å². The summed E-state index contributed by atoms with van der Waals surface area (Å²) in [5.74, 6) is 0.251. The number of nitrogens with one attached hydrogen (secondary N) is 1. The molecule has 2 aromatic carbocycles. The van der Waals surface area contributed by atoms with E-state index in [9.17, 15) is 14.4 Å². The molecule has 0 unspecified atom stereocenters. The van der Waals surface area contributed by atoms with Crippen molar-refractivity contribution in [2.24, 2.45) is 0 Å². The SMILES string of the molecule is COc1ccc(-n2nc(C(=O)NCC(=O)N(C)C3CCCCC3)c3ccccc3c2=O)cc1OC. The molecule has 0 saturated heterocycles. The standard InChI is InChI=1S/C26H30N4O5/c1-29(17-9-5-4-6-10-17)23(31)16-27-25(32)24-19-11-7-8-12-20(19)26(33)30(28-24)18-13-14-21(34-2)22(15-18)35-3/h7-8,11-15,17H,4-6,9-10,16H2,1-3H3,(H,27,32). The molecule has 1 aromatic heterocycles. The van der Waals surface area contributed by atoms with Crippen molar-refractivity contribution in [2.75, 3.05) is 27.8 Å². The molecule has 1 aliphatic carbocycles. The third-order valence-electron chi connectivity index (χ3n) is 6.55. The first-order valence-corrected chi connectivity index (χ1v) is 11.7. The molecule has 1 saturated carbocycles. The number of nitrogens with zero attached hydrogens (tertiary/aromatic N) is 3. The minimum absolute atomic E-state index is 0.0584. The Morgan fingerprint density at radius 3 is 2.40 bits per heavy atom. The number of amides is 2. The van der Waals surface area contributed by atoms with Gasteiger partial charge in [0, 0.05) is 24.5 Å². The molecular weight excluding hydrogens is 448 g/mol. The van der Waals surface area contributed by atoms with Gasteiger partial charge in [0.05, 0.1) is 31.8 Å². The number of methoxy groups -OCH3 is 2. The average molecular weight is 479 g/mol. The molecular formula is C26H30N4O5. The van der Waals surface area contributed by atoms with E-state index in [1.807, 2.05) is 0 Å². The number of carbonyl (C=O) groups excluding carboxylic acids is 2. The maximum atomic E-state index is 13.2. The van der Waals surface area contributed by atoms with Crippen LogP contribution in [0.5, 0.6) is 11.5 Å². The van der Waals surface area contributed by atoms with Gasteiger partial charge in [-0.1, -0.05) is 37.5 Å². The summed E-state index contributed by atoms with van der Waals surface area (Å²) in [4.78, 5) is 40.9. The van der Waals surface area contributed by atoms with E-state index in [0.717, 1.165) is 30.4 Å². The van der Waals surface area contributed by atoms with Gasteiger partial charge in [0.25, 0.3) is 11.5 Å². The Bertz CT molecular complexity index is 1300. The van der Waals surface area contributed by atoms with Gasteiger partial charge in [-0.05, 0) is 31.0 Å². The summed E-state index contributed by atoms with van der Waals surface area (Å²) in [5.41, 5.74) is 0.0983. The van der Waals surface area contributed by atoms with Crippen LogP contribution < -0.4 is 20.3 Å². The van der Waals surface area contributed by atoms with Gasteiger partial charge in [-0.2, -0.15) is 9.78 Å². The smallest absolute Gasteiger partial charge is 0.279 e. The summed E-state index contributed by atoms with van der Waals surface area (Å²) in [6.07, 6.45) is 5.39. The first-order valence-electron chi connectivity index (χ1n) is 11.7. The van der Waals surface area contributed by atoms with E-state index in [-0.39, 0.29) is 29.7 Å². The molecule has 1 heterocycles. The molecule has 3 aromatic rings. The fourth-order valence-electron chi connectivity index (χ4n) is 4.53. The fourth-order valence-corrected chi connectivity index (χ4v) is 4.53. The maximum absolute atomic E-state index is 13.2. The van der Waals surface area contributed by atoms with Crippen molar-refractivity contribution in [2.45, 2.75) is 38.1 Å². The zero-order valence-corrected chi connectivity index (χ0v) is 20.2. The maximum Gasteiger partial charge on any atom is 0.279 e. The number of fused-ring (bicyclic) bond motifs is 1. The second kappa shape index (κ2) is 10.6. The zero-order valence-electron chi connectivity index (χ0n) is 20.2. The molecule has 0 spiro atoms. The average Bonchev–Trinajstić information content (AvgIpc) is 2.91. The largest absolute Gasteiger partial charge is 0.493 e. The van der Waals surface area contributed by atoms with E-state index in [1.165, 1.54) is 20.6 Å². The molecule has 35 heavy (non-hydrogen) atoms. The molecule has 0 bridgehead atoms. The second-order valence-electron chi connectivity index (χ2n) is 8.63. The summed E-state index contributed by atoms with van der Waals surface area (Å²) in [5, 5.41) is 7.84. The summed E-state index contributed by atoms with van der Waals surface area (Å²) >= 11 is 0. The van der Waals surface area contributed by atoms with Crippen molar-refractivity contribution >= 4 is 22.6 Å². The van der Waals surface area contributed by atoms with Crippen molar-refractivity contribution in [3.05, 3.63) is 58.5 Å². The Kier molecular flexibility index (Phi) is 7.33. The Morgan fingerprint density at radius 2 is 1.71 bits per heavy atom. The number of hydrogen-bond donors (Lipinski definition) is 1. The Labute approximate surface area is 203 Å². The van der Waals surface area contributed by atoms with Crippen LogP contribution in [-0.4, -0.2) is 60.3 Å². The van der Waals surface area contributed by atoms with Crippen molar-refractivity contribution in [1.29, 1.82) is 0 Å². The van der Waals surface area contributed by atoms with Crippen LogP contribution in [0.2, 0.25) is 0 Å². The van der Waals surface area contributed by atoms with Crippen molar-refractivity contribution in [1.82, 2.24) is 20.0 Å². The number of likely N-dealkylation sites (N-methyl/N-ethyl adjacent to an activating group) is 1. The zero-order chi connectivity index (χ0) is 24.9. The molecule has 9 heteroatoms. The Balaban J connectivity index is 1.64. The van der Waals surface area contributed by atoms with Crippen LogP contribution in [0.3, 0.4) is 0 Å². The van der Waals surface area contributed by atoms with E-state index in [2.05, 4.69) is 10.4 Å². The van der Waals surface area contributed by atoms with Crippen molar-refractivity contribution < 1.29 is 19.1 Å². The molecule has 2 amide bonds. The second-order valence-corrected chi connectivity index (χ2v) is 8.63. The van der Waals surface area contributed by atoms with E-state index in [0.29, 0.717) is 28.0 Å². The minimum atomic E-state index is -0.527.